The molecular weight excluding hydrogens is 432 g/mol. The molecule has 2 N–H and O–H groups in total. The molecule has 31 heavy (non-hydrogen) atoms. The lowest BCUT2D eigenvalue weighted by Crippen LogP contribution is -2.40. The highest BCUT2D eigenvalue weighted by Crippen LogP contribution is 2.21. The minimum absolute atomic E-state index is 0.264. The van der Waals surface area contributed by atoms with Crippen LogP contribution in [0.2, 0.25) is 0 Å². The van der Waals surface area contributed by atoms with Crippen LogP contribution in [-0.2, 0) is 14.8 Å². The SMILES string of the molecule is CCN(c1ccc(NC(=S)Nc2ccc(S(=O)(=O)N3CCOCC3)cc2)cc1)C(C)C. The third-order valence-corrected chi connectivity index (χ3v) is 7.26. The smallest absolute Gasteiger partial charge is 0.243 e. The number of sulfonamides is 1. The number of hydrogen-bond donors (Lipinski definition) is 2. The van der Waals surface area contributed by atoms with Crippen LogP contribution in [0.4, 0.5) is 17.1 Å². The summed E-state index contributed by atoms with van der Waals surface area (Å²) in [6, 6.07) is 15.2. The lowest BCUT2D eigenvalue weighted by Gasteiger charge is -2.27. The van der Waals surface area contributed by atoms with E-state index in [1.54, 1.807) is 24.3 Å². The summed E-state index contributed by atoms with van der Waals surface area (Å²) >= 11 is 5.40. The van der Waals surface area contributed by atoms with Gasteiger partial charge in [0.25, 0.3) is 0 Å². The molecule has 0 radical (unpaired) electrons. The van der Waals surface area contributed by atoms with E-state index < -0.39 is 10.0 Å². The van der Waals surface area contributed by atoms with E-state index in [1.165, 1.54) is 9.99 Å². The van der Waals surface area contributed by atoms with E-state index in [1.807, 2.05) is 12.1 Å². The van der Waals surface area contributed by atoms with Gasteiger partial charge in [0.15, 0.2) is 5.11 Å². The first-order valence-corrected chi connectivity index (χ1v) is 12.3. The van der Waals surface area contributed by atoms with Gasteiger partial charge in [-0.25, -0.2) is 8.42 Å². The zero-order valence-electron chi connectivity index (χ0n) is 18.2. The van der Waals surface area contributed by atoms with Crippen molar-refractivity contribution in [1.82, 2.24) is 4.31 Å². The second-order valence-corrected chi connectivity index (χ2v) is 9.89. The van der Waals surface area contributed by atoms with Crippen molar-refractivity contribution in [3.8, 4) is 0 Å². The molecule has 2 aromatic carbocycles. The highest BCUT2D eigenvalue weighted by Gasteiger charge is 2.26. The molecule has 1 fully saturated rings. The van der Waals surface area contributed by atoms with Crippen LogP contribution in [0.3, 0.4) is 0 Å². The summed E-state index contributed by atoms with van der Waals surface area (Å²) in [7, 11) is -3.50. The van der Waals surface area contributed by atoms with Gasteiger partial charge in [-0.3, -0.25) is 0 Å². The number of thiocarbonyl (C=S) groups is 1. The van der Waals surface area contributed by atoms with Gasteiger partial charge in [0, 0.05) is 42.7 Å². The van der Waals surface area contributed by atoms with Crippen molar-refractivity contribution in [1.29, 1.82) is 0 Å². The molecule has 1 heterocycles. The van der Waals surface area contributed by atoms with Crippen LogP contribution in [0.25, 0.3) is 0 Å². The first-order chi connectivity index (χ1) is 14.8. The van der Waals surface area contributed by atoms with Gasteiger partial charge in [0.05, 0.1) is 18.1 Å². The van der Waals surface area contributed by atoms with Crippen LogP contribution in [0.1, 0.15) is 20.8 Å². The van der Waals surface area contributed by atoms with Gasteiger partial charge in [0.1, 0.15) is 0 Å². The highest BCUT2D eigenvalue weighted by atomic mass is 32.2. The molecule has 0 aliphatic carbocycles. The van der Waals surface area contributed by atoms with E-state index in [9.17, 15) is 8.42 Å². The van der Waals surface area contributed by atoms with Gasteiger partial charge >= 0.3 is 0 Å². The Labute approximate surface area is 190 Å². The first-order valence-electron chi connectivity index (χ1n) is 10.4. The monoisotopic (exact) mass is 462 g/mol. The Morgan fingerprint density at radius 2 is 1.55 bits per heavy atom. The fourth-order valence-electron chi connectivity index (χ4n) is 3.52. The molecule has 0 atom stereocenters. The van der Waals surface area contributed by atoms with Crippen LogP contribution in [0.15, 0.2) is 53.4 Å². The van der Waals surface area contributed by atoms with Crippen LogP contribution in [-0.4, -0.2) is 56.7 Å². The van der Waals surface area contributed by atoms with Crippen molar-refractivity contribution < 1.29 is 13.2 Å². The third kappa shape index (κ3) is 5.94. The Kier molecular flexibility index (Phi) is 7.88. The molecule has 0 bridgehead atoms. The number of hydrogen-bond acceptors (Lipinski definition) is 5. The lowest BCUT2D eigenvalue weighted by atomic mass is 10.2. The summed E-state index contributed by atoms with van der Waals surface area (Å²) in [5.41, 5.74) is 2.76. The summed E-state index contributed by atoms with van der Waals surface area (Å²) in [5.74, 6) is 0. The van der Waals surface area contributed by atoms with Crippen LogP contribution in [0.5, 0.6) is 0 Å². The fourth-order valence-corrected chi connectivity index (χ4v) is 5.17. The zero-order valence-corrected chi connectivity index (χ0v) is 19.8. The van der Waals surface area contributed by atoms with E-state index in [0.717, 1.165) is 12.2 Å². The van der Waals surface area contributed by atoms with Gasteiger partial charge in [-0.05, 0) is 81.5 Å². The van der Waals surface area contributed by atoms with Crippen molar-refractivity contribution >= 4 is 44.4 Å². The van der Waals surface area contributed by atoms with E-state index >= 15 is 0 Å². The molecule has 168 valence electrons. The molecule has 0 spiro atoms. The number of morpholine rings is 1. The number of nitrogens with zero attached hydrogens (tertiary/aromatic N) is 2. The maximum Gasteiger partial charge on any atom is 0.243 e. The Bertz CT molecular complexity index is 971. The average Bonchev–Trinajstić information content (AvgIpc) is 2.76. The molecule has 7 nitrogen and oxygen atoms in total. The summed E-state index contributed by atoms with van der Waals surface area (Å²) in [6.07, 6.45) is 0. The number of ether oxygens (including phenoxy) is 1. The molecular formula is C22H30N4O3S2. The van der Waals surface area contributed by atoms with Crippen LogP contribution < -0.4 is 15.5 Å². The first kappa shape index (κ1) is 23.5. The molecule has 0 amide bonds. The van der Waals surface area contributed by atoms with Crippen LogP contribution in [0, 0.1) is 0 Å². The van der Waals surface area contributed by atoms with Gasteiger partial charge in [-0.2, -0.15) is 4.31 Å². The summed E-state index contributed by atoms with van der Waals surface area (Å²) in [4.78, 5) is 2.58. The Morgan fingerprint density at radius 1 is 1.03 bits per heavy atom. The van der Waals surface area contributed by atoms with Gasteiger partial charge < -0.3 is 20.3 Å². The van der Waals surface area contributed by atoms with E-state index in [2.05, 4.69) is 48.4 Å². The van der Waals surface area contributed by atoms with Crippen molar-refractivity contribution in [2.75, 3.05) is 48.4 Å². The second kappa shape index (κ2) is 10.4. The molecule has 2 aromatic rings. The average molecular weight is 463 g/mol. The molecule has 0 saturated carbocycles. The minimum Gasteiger partial charge on any atom is -0.379 e. The highest BCUT2D eigenvalue weighted by molar-refractivity contribution is 7.89. The Hall–Kier alpha value is -2.20. The molecule has 1 aliphatic heterocycles. The van der Waals surface area contributed by atoms with E-state index in [-0.39, 0.29) is 4.90 Å². The quantitative estimate of drug-likeness (QED) is 0.607. The van der Waals surface area contributed by atoms with Crippen molar-refractivity contribution in [3.05, 3.63) is 48.5 Å². The van der Waals surface area contributed by atoms with E-state index in [4.69, 9.17) is 17.0 Å². The van der Waals surface area contributed by atoms with Gasteiger partial charge in [-0.15, -0.1) is 0 Å². The van der Waals surface area contributed by atoms with Gasteiger partial charge in [-0.1, -0.05) is 0 Å². The van der Waals surface area contributed by atoms with Crippen molar-refractivity contribution in [2.24, 2.45) is 0 Å². The number of rotatable bonds is 7. The second-order valence-electron chi connectivity index (χ2n) is 7.55. The largest absolute Gasteiger partial charge is 0.379 e. The van der Waals surface area contributed by atoms with Crippen LogP contribution >= 0.6 is 12.2 Å². The predicted molar refractivity (Wildman–Crippen MR) is 130 cm³/mol. The molecule has 9 heteroatoms. The minimum atomic E-state index is -3.50. The maximum atomic E-state index is 12.7. The summed E-state index contributed by atoms with van der Waals surface area (Å²) < 4.78 is 32.1. The van der Waals surface area contributed by atoms with Crippen molar-refractivity contribution in [3.63, 3.8) is 0 Å². The topological polar surface area (TPSA) is 73.9 Å². The lowest BCUT2D eigenvalue weighted by molar-refractivity contribution is 0.0730. The number of anilines is 3. The molecule has 3 rings (SSSR count). The number of nitrogens with one attached hydrogen (secondary N) is 2. The molecule has 0 unspecified atom stereocenters. The molecule has 1 aliphatic rings. The standard InChI is InChI=1S/C22H30N4O3S2/c1-4-26(17(2)3)20-9-5-18(6-10-20)23-22(30)24-19-7-11-21(12-8-19)31(27,28)25-13-15-29-16-14-25/h5-12,17H,4,13-16H2,1-3H3,(H2,23,24,30). The Balaban J connectivity index is 1.59. The summed E-state index contributed by atoms with van der Waals surface area (Å²) in [5, 5.41) is 6.70. The van der Waals surface area contributed by atoms with E-state index in [0.29, 0.717) is 43.1 Å². The third-order valence-electron chi connectivity index (χ3n) is 5.14. The normalized spacial score (nSPS) is 15.0. The zero-order chi connectivity index (χ0) is 22.4. The maximum absolute atomic E-state index is 12.7. The van der Waals surface area contributed by atoms with Crippen molar-refractivity contribution in [2.45, 2.75) is 31.7 Å². The predicted octanol–water partition coefficient (Wildman–Crippen LogP) is 3.75. The molecule has 0 aromatic heterocycles. The molecule has 1 saturated heterocycles. The fraction of sp³-hybridized carbons (Fsp3) is 0.409. The van der Waals surface area contributed by atoms with Gasteiger partial charge in [0.2, 0.25) is 10.0 Å². The summed E-state index contributed by atoms with van der Waals surface area (Å²) in [6.45, 7) is 9.04. The Morgan fingerprint density at radius 3 is 2.03 bits per heavy atom. The number of benzene rings is 2.